The van der Waals surface area contributed by atoms with Crippen molar-refractivity contribution in [3.8, 4) is 34.1 Å². The Balaban J connectivity index is 1.23. The third kappa shape index (κ3) is 6.41. The van der Waals surface area contributed by atoms with Gasteiger partial charge in [0.1, 0.15) is 33.6 Å². The van der Waals surface area contributed by atoms with Gasteiger partial charge in [-0.2, -0.15) is 8.42 Å². The maximum absolute atomic E-state index is 13.5. The van der Waals surface area contributed by atoms with E-state index in [9.17, 15) is 22.9 Å². The number of phenolic OH excluding ortho intramolecular Hbond substituents is 1. The molecule has 0 aliphatic rings. The van der Waals surface area contributed by atoms with Crippen LogP contribution in [0, 0.1) is 6.92 Å². The van der Waals surface area contributed by atoms with E-state index in [1.807, 2.05) is 42.5 Å². The first-order chi connectivity index (χ1) is 25.0. The molecule has 1 heterocycles. The zero-order valence-electron chi connectivity index (χ0n) is 28.1. The molecule has 0 aliphatic carbocycles. The Bertz CT molecular complexity index is 2710. The van der Waals surface area contributed by atoms with Gasteiger partial charge < -0.3 is 19.9 Å². The molecule has 0 radical (unpaired) electrons. The van der Waals surface area contributed by atoms with Gasteiger partial charge in [0.15, 0.2) is 5.75 Å². The van der Waals surface area contributed by atoms with Crippen LogP contribution in [0.5, 0.6) is 17.2 Å². The van der Waals surface area contributed by atoms with Gasteiger partial charge in [-0.1, -0.05) is 42.5 Å². The number of para-hydroxylation sites is 2. The quantitative estimate of drug-likeness (QED) is 0.0981. The molecule has 0 atom stereocenters. The van der Waals surface area contributed by atoms with Gasteiger partial charge in [0.2, 0.25) is 0 Å². The van der Waals surface area contributed by atoms with Crippen molar-refractivity contribution in [3.05, 3.63) is 131 Å². The van der Waals surface area contributed by atoms with Gasteiger partial charge in [-0.05, 0) is 96.2 Å². The Morgan fingerprint density at radius 1 is 0.750 bits per heavy atom. The van der Waals surface area contributed by atoms with Crippen LogP contribution in [0.3, 0.4) is 0 Å². The molecule has 7 rings (SSSR count). The molecular formula is C39H31N5O7S. The van der Waals surface area contributed by atoms with Crippen LogP contribution in [-0.4, -0.2) is 41.8 Å². The number of hydrogen-bond donors (Lipinski definition) is 3. The van der Waals surface area contributed by atoms with Crippen molar-refractivity contribution in [1.29, 1.82) is 0 Å². The lowest BCUT2D eigenvalue weighted by molar-refractivity contribution is 0.412. The Kier molecular flexibility index (Phi) is 8.88. The highest BCUT2D eigenvalue weighted by molar-refractivity contribution is 7.86. The van der Waals surface area contributed by atoms with Crippen LogP contribution < -0.4 is 20.3 Å². The second-order valence-corrected chi connectivity index (χ2v) is 13.2. The van der Waals surface area contributed by atoms with E-state index in [0.29, 0.717) is 55.9 Å². The summed E-state index contributed by atoms with van der Waals surface area (Å²) in [7, 11) is -1.87. The first kappa shape index (κ1) is 33.9. The maximum atomic E-state index is 13.5. The summed E-state index contributed by atoms with van der Waals surface area (Å²) < 4.78 is 47.9. The molecule has 0 unspecified atom stereocenters. The lowest BCUT2D eigenvalue weighted by Crippen LogP contribution is -2.22. The summed E-state index contributed by atoms with van der Waals surface area (Å²) >= 11 is 0. The predicted molar refractivity (Wildman–Crippen MR) is 200 cm³/mol. The summed E-state index contributed by atoms with van der Waals surface area (Å²) in [6.07, 6.45) is 0. The zero-order valence-corrected chi connectivity index (χ0v) is 28.9. The summed E-state index contributed by atoms with van der Waals surface area (Å²) in [5.41, 5.74) is 3.62. The molecule has 1 aromatic heterocycles. The molecule has 0 bridgehead atoms. The van der Waals surface area contributed by atoms with Crippen molar-refractivity contribution in [2.75, 3.05) is 19.5 Å². The number of rotatable bonds is 9. The molecule has 3 N–H and O–H groups in total. The molecule has 6 aromatic carbocycles. The van der Waals surface area contributed by atoms with Crippen molar-refractivity contribution in [2.45, 2.75) is 11.8 Å². The number of aromatic hydroxyl groups is 1. The van der Waals surface area contributed by atoms with E-state index in [0.717, 1.165) is 11.3 Å². The summed E-state index contributed by atoms with van der Waals surface area (Å²) in [6, 6.07) is 33.2. The van der Waals surface area contributed by atoms with Crippen LogP contribution in [0.2, 0.25) is 0 Å². The van der Waals surface area contributed by atoms with Gasteiger partial charge in [-0.25, -0.2) is 4.98 Å². The number of nitrogens with one attached hydrogen (secondary N) is 1. The number of methoxy groups -OCH3 is 2. The molecule has 0 spiro atoms. The first-order valence-electron chi connectivity index (χ1n) is 15.9. The summed E-state index contributed by atoms with van der Waals surface area (Å²) in [4.78, 5) is 17.4. The van der Waals surface area contributed by atoms with Crippen LogP contribution in [-0.2, 0) is 10.1 Å². The number of aryl methyl sites for hydroxylation is 1. The molecule has 260 valence electrons. The zero-order chi connectivity index (χ0) is 36.6. The lowest BCUT2D eigenvalue weighted by atomic mass is 10.0. The van der Waals surface area contributed by atoms with Crippen molar-refractivity contribution >= 4 is 54.5 Å². The normalized spacial score (nSPS) is 11.7. The summed E-state index contributed by atoms with van der Waals surface area (Å²) in [5, 5.41) is 23.9. The van der Waals surface area contributed by atoms with Gasteiger partial charge in [-0.3, -0.25) is 13.9 Å². The van der Waals surface area contributed by atoms with E-state index in [1.165, 1.54) is 24.9 Å². The SMILES string of the molecule is COc1cc(-c2ccc(-n3c(C)nc4ccccc4c3=O)c(OC)c2)ccc1N=Nc1c(S(=O)(=O)O)cc2cc(Nc3ccccc3)ccc2c1O. The highest BCUT2D eigenvalue weighted by atomic mass is 32.2. The predicted octanol–water partition coefficient (Wildman–Crippen LogP) is 8.64. The molecule has 52 heavy (non-hydrogen) atoms. The molecule has 0 saturated carbocycles. The monoisotopic (exact) mass is 713 g/mol. The van der Waals surface area contributed by atoms with Crippen molar-refractivity contribution < 1.29 is 27.6 Å². The second-order valence-electron chi connectivity index (χ2n) is 11.8. The lowest BCUT2D eigenvalue weighted by Gasteiger charge is -2.16. The third-order valence-corrected chi connectivity index (χ3v) is 9.39. The van der Waals surface area contributed by atoms with Gasteiger partial charge in [-0.15, -0.1) is 10.2 Å². The molecule has 0 saturated heterocycles. The van der Waals surface area contributed by atoms with Gasteiger partial charge in [0.05, 0.1) is 30.8 Å². The maximum Gasteiger partial charge on any atom is 0.296 e. The van der Waals surface area contributed by atoms with Crippen molar-refractivity contribution in [2.24, 2.45) is 10.2 Å². The number of fused-ring (bicyclic) bond motifs is 2. The Hall–Kier alpha value is -6.57. The molecule has 0 fully saturated rings. The smallest absolute Gasteiger partial charge is 0.296 e. The largest absolute Gasteiger partial charge is 0.505 e. The third-order valence-electron chi connectivity index (χ3n) is 8.53. The van der Waals surface area contributed by atoms with E-state index in [1.54, 1.807) is 73.7 Å². The number of phenols is 1. The fraction of sp³-hybridized carbons (Fsp3) is 0.0769. The number of ether oxygens (including phenoxy) is 2. The first-order valence-corrected chi connectivity index (χ1v) is 17.4. The van der Waals surface area contributed by atoms with E-state index < -0.39 is 26.5 Å². The van der Waals surface area contributed by atoms with Gasteiger partial charge in [0.25, 0.3) is 15.7 Å². The molecular weight excluding hydrogens is 683 g/mol. The highest BCUT2D eigenvalue weighted by Crippen LogP contribution is 2.43. The Labute approximate surface area is 298 Å². The molecule has 0 amide bonds. The highest BCUT2D eigenvalue weighted by Gasteiger charge is 2.23. The number of azo groups is 1. The average Bonchev–Trinajstić information content (AvgIpc) is 3.14. The standard InChI is InChI=1S/C39H31N5O7S/c1-23-40-31-12-8-7-11-30(31)39(46)44(23)33-18-14-25(21-35(33)51-3)24-13-17-32(34(20-24)50-2)42-43-37-36(52(47,48)49)22-26-19-28(15-16-29(26)38(37)45)41-27-9-5-4-6-10-27/h4-22,41,45H,1-3H3,(H,47,48,49). The summed E-state index contributed by atoms with van der Waals surface area (Å²) in [6.45, 7) is 1.76. The average molecular weight is 714 g/mol. The second kappa shape index (κ2) is 13.6. The van der Waals surface area contributed by atoms with E-state index in [4.69, 9.17) is 9.47 Å². The number of hydrogen-bond acceptors (Lipinski definition) is 10. The summed E-state index contributed by atoms with van der Waals surface area (Å²) in [5.74, 6) is 0.764. The van der Waals surface area contributed by atoms with E-state index in [2.05, 4.69) is 20.5 Å². The minimum atomic E-state index is -4.83. The number of aromatic nitrogens is 2. The number of benzene rings is 6. The molecule has 7 aromatic rings. The molecule has 13 heteroatoms. The van der Waals surface area contributed by atoms with Gasteiger partial charge >= 0.3 is 0 Å². The molecule has 0 aliphatic heterocycles. The van der Waals surface area contributed by atoms with E-state index in [-0.39, 0.29) is 11.2 Å². The van der Waals surface area contributed by atoms with Crippen molar-refractivity contribution in [3.63, 3.8) is 0 Å². The van der Waals surface area contributed by atoms with Crippen LogP contribution >= 0.6 is 0 Å². The minimum Gasteiger partial charge on any atom is -0.505 e. The van der Waals surface area contributed by atoms with Crippen molar-refractivity contribution in [1.82, 2.24) is 9.55 Å². The number of anilines is 2. The fourth-order valence-corrected chi connectivity index (χ4v) is 6.68. The Morgan fingerprint density at radius 2 is 1.44 bits per heavy atom. The van der Waals surface area contributed by atoms with Gasteiger partial charge in [0, 0.05) is 16.8 Å². The minimum absolute atomic E-state index is 0.218. The van der Waals surface area contributed by atoms with Crippen LogP contribution in [0.4, 0.5) is 22.7 Å². The van der Waals surface area contributed by atoms with Crippen LogP contribution in [0.15, 0.2) is 135 Å². The molecule has 12 nitrogen and oxygen atoms in total. The van der Waals surface area contributed by atoms with Crippen LogP contribution in [0.1, 0.15) is 5.82 Å². The van der Waals surface area contributed by atoms with Crippen LogP contribution in [0.25, 0.3) is 38.5 Å². The topological polar surface area (TPSA) is 165 Å². The van der Waals surface area contributed by atoms with E-state index >= 15 is 0 Å². The Morgan fingerprint density at radius 3 is 2.17 bits per heavy atom. The number of nitrogens with zero attached hydrogens (tertiary/aromatic N) is 4. The fourth-order valence-electron chi connectivity index (χ4n) is 6.02.